The van der Waals surface area contributed by atoms with E-state index in [9.17, 15) is 0 Å². The van der Waals surface area contributed by atoms with Gasteiger partial charge in [-0.05, 0) is 25.7 Å². The summed E-state index contributed by atoms with van der Waals surface area (Å²) in [6.45, 7) is 7.33. The molecule has 20 heavy (non-hydrogen) atoms. The van der Waals surface area contributed by atoms with Crippen LogP contribution >= 0.6 is 0 Å². The molecule has 0 amide bonds. The summed E-state index contributed by atoms with van der Waals surface area (Å²) in [6.07, 6.45) is 17.1. The van der Waals surface area contributed by atoms with Gasteiger partial charge in [-0.15, -0.1) is 0 Å². The zero-order valence-corrected chi connectivity index (χ0v) is 15.5. The van der Waals surface area contributed by atoms with E-state index in [1.807, 2.05) is 0 Å². The molecule has 0 radical (unpaired) electrons. The smallest absolute Gasteiger partial charge is 0.0782 e. The molecule has 0 saturated carbocycles. The van der Waals surface area contributed by atoms with E-state index in [0.717, 1.165) is 0 Å². The normalized spacial score (nSPS) is 11.4. The Morgan fingerprint density at radius 1 is 0.500 bits per heavy atom. The van der Waals surface area contributed by atoms with Crippen LogP contribution in [0.2, 0.25) is 0 Å². The monoisotopic (exact) mass is 305 g/mol. The first kappa shape index (κ1) is 22.5. The Kier molecular flexibility index (Phi) is 17.6. The van der Waals surface area contributed by atoms with Gasteiger partial charge in [-0.2, -0.15) is 0 Å². The molecule has 0 heterocycles. The number of halogens is 1. The fraction of sp³-hybridized carbons (Fsp3) is 1.00. The minimum absolute atomic E-state index is 0. The minimum Gasteiger partial charge on any atom is -1.00 e. The summed E-state index contributed by atoms with van der Waals surface area (Å²) >= 11 is 0. The predicted molar refractivity (Wildman–Crippen MR) is 88.6 cm³/mol. The van der Waals surface area contributed by atoms with Gasteiger partial charge in [0.25, 0.3) is 0 Å². The highest BCUT2D eigenvalue weighted by Crippen LogP contribution is 2.11. The fourth-order valence-electron chi connectivity index (χ4n) is 2.75. The Bertz CT molecular complexity index is 180. The molecule has 0 unspecified atom stereocenters. The maximum Gasteiger partial charge on any atom is 0.0782 e. The van der Waals surface area contributed by atoms with Crippen molar-refractivity contribution in [2.24, 2.45) is 0 Å². The molecule has 0 aliphatic carbocycles. The van der Waals surface area contributed by atoms with E-state index in [-0.39, 0.29) is 12.4 Å². The van der Waals surface area contributed by atoms with Crippen LogP contribution in [-0.2, 0) is 0 Å². The van der Waals surface area contributed by atoms with Gasteiger partial charge in [-0.25, -0.2) is 0 Å². The van der Waals surface area contributed by atoms with Crippen molar-refractivity contribution in [3.63, 3.8) is 0 Å². The molecule has 0 atom stereocenters. The quantitative estimate of drug-likeness (QED) is 0.342. The molecule has 124 valence electrons. The molecule has 0 rings (SSSR count). The molecule has 0 aromatic rings. The van der Waals surface area contributed by atoms with E-state index < -0.39 is 0 Å². The zero-order valence-electron chi connectivity index (χ0n) is 14.7. The van der Waals surface area contributed by atoms with E-state index in [1.54, 1.807) is 0 Å². The fourth-order valence-corrected chi connectivity index (χ4v) is 2.75. The molecule has 0 N–H and O–H groups in total. The average molecular weight is 306 g/mol. The maximum absolute atomic E-state index is 2.41. The maximum atomic E-state index is 2.41. The number of nitrogens with zero attached hydrogens (tertiary/aromatic N) is 1. The van der Waals surface area contributed by atoms with Crippen molar-refractivity contribution in [1.29, 1.82) is 0 Å². The third-order valence-electron chi connectivity index (χ3n) is 4.23. The topological polar surface area (TPSA) is 0 Å². The van der Waals surface area contributed by atoms with Crippen LogP contribution < -0.4 is 12.4 Å². The van der Waals surface area contributed by atoms with Crippen LogP contribution in [0.4, 0.5) is 0 Å². The lowest BCUT2D eigenvalue weighted by Gasteiger charge is -2.30. The third-order valence-corrected chi connectivity index (χ3v) is 4.23. The first-order valence-electron chi connectivity index (χ1n) is 8.94. The number of hydrogen-bond donors (Lipinski definition) is 0. The van der Waals surface area contributed by atoms with Gasteiger partial charge < -0.3 is 16.9 Å². The van der Waals surface area contributed by atoms with E-state index in [2.05, 4.69) is 27.9 Å². The van der Waals surface area contributed by atoms with Gasteiger partial charge in [-0.3, -0.25) is 0 Å². The highest BCUT2D eigenvalue weighted by atomic mass is 35.5. The lowest BCUT2D eigenvalue weighted by molar-refractivity contribution is -0.890. The number of unbranched alkanes of at least 4 members (excludes halogenated alkanes) is 10. The van der Waals surface area contributed by atoms with E-state index in [4.69, 9.17) is 0 Å². The molecule has 0 aromatic carbocycles. The van der Waals surface area contributed by atoms with Crippen molar-refractivity contribution in [2.75, 3.05) is 27.2 Å². The van der Waals surface area contributed by atoms with Gasteiger partial charge in [0.1, 0.15) is 0 Å². The van der Waals surface area contributed by atoms with Crippen LogP contribution in [0.5, 0.6) is 0 Å². The Labute approximate surface area is 135 Å². The predicted octanol–water partition coefficient (Wildman–Crippen LogP) is 2.79. The first-order chi connectivity index (χ1) is 9.12. The minimum atomic E-state index is 0. The molecule has 0 spiro atoms. The second kappa shape index (κ2) is 15.6. The molecule has 2 heteroatoms. The lowest BCUT2D eigenvalue weighted by Crippen LogP contribution is -3.00. The van der Waals surface area contributed by atoms with Crippen molar-refractivity contribution >= 4 is 0 Å². The van der Waals surface area contributed by atoms with Crippen molar-refractivity contribution in [3.8, 4) is 0 Å². The first-order valence-corrected chi connectivity index (χ1v) is 8.94. The summed E-state index contributed by atoms with van der Waals surface area (Å²) < 4.78 is 1.24. The largest absolute Gasteiger partial charge is 1.00 e. The van der Waals surface area contributed by atoms with Gasteiger partial charge in [0.05, 0.1) is 27.2 Å². The van der Waals surface area contributed by atoms with Crippen LogP contribution in [0.3, 0.4) is 0 Å². The van der Waals surface area contributed by atoms with Gasteiger partial charge in [0.2, 0.25) is 0 Å². The van der Waals surface area contributed by atoms with Crippen LogP contribution in [-0.4, -0.2) is 31.7 Å². The average Bonchev–Trinajstić information content (AvgIpc) is 2.38. The molecule has 0 aliphatic heterocycles. The Morgan fingerprint density at radius 3 is 1.20 bits per heavy atom. The molecule has 0 aromatic heterocycles. The molecule has 0 bridgehead atoms. The highest BCUT2D eigenvalue weighted by Gasteiger charge is 2.13. The number of rotatable bonds is 14. The molecular formula is C18H40ClN. The van der Waals surface area contributed by atoms with Gasteiger partial charge in [0.15, 0.2) is 0 Å². The second-order valence-electron chi connectivity index (χ2n) is 6.92. The van der Waals surface area contributed by atoms with Crippen molar-refractivity contribution in [1.82, 2.24) is 0 Å². The van der Waals surface area contributed by atoms with Crippen molar-refractivity contribution in [2.45, 2.75) is 90.9 Å². The molecule has 1 nitrogen and oxygen atoms in total. The number of quaternary nitrogens is 1. The van der Waals surface area contributed by atoms with Gasteiger partial charge in [-0.1, -0.05) is 65.2 Å². The van der Waals surface area contributed by atoms with Gasteiger partial charge >= 0.3 is 0 Å². The summed E-state index contributed by atoms with van der Waals surface area (Å²) in [7, 11) is 4.82. The van der Waals surface area contributed by atoms with Crippen molar-refractivity contribution in [3.05, 3.63) is 0 Å². The van der Waals surface area contributed by atoms with E-state index >= 15 is 0 Å². The summed E-state index contributed by atoms with van der Waals surface area (Å²) in [5, 5.41) is 0. The lowest BCUT2D eigenvalue weighted by atomic mass is 10.1. The van der Waals surface area contributed by atoms with Crippen LogP contribution in [0.1, 0.15) is 90.9 Å². The second-order valence-corrected chi connectivity index (χ2v) is 6.92. The molecule has 0 fully saturated rings. The molecule has 0 aliphatic rings. The summed E-state index contributed by atoms with van der Waals surface area (Å²) in [5.41, 5.74) is 0. The van der Waals surface area contributed by atoms with Crippen LogP contribution in [0, 0.1) is 0 Å². The number of hydrogen-bond acceptors (Lipinski definition) is 0. The Balaban J connectivity index is 0. The van der Waals surface area contributed by atoms with Crippen LogP contribution in [0.25, 0.3) is 0 Å². The van der Waals surface area contributed by atoms with E-state index in [0.29, 0.717) is 0 Å². The summed E-state index contributed by atoms with van der Waals surface area (Å²) in [5.74, 6) is 0. The zero-order chi connectivity index (χ0) is 14.4. The molecule has 0 saturated heterocycles. The summed E-state index contributed by atoms with van der Waals surface area (Å²) in [4.78, 5) is 0. The Morgan fingerprint density at radius 2 is 0.800 bits per heavy atom. The Hall–Kier alpha value is 0.250. The summed E-state index contributed by atoms with van der Waals surface area (Å²) in [6, 6.07) is 0. The van der Waals surface area contributed by atoms with Gasteiger partial charge in [0, 0.05) is 0 Å². The standard InChI is InChI=1S/C18H40N.ClH/c1-5-7-9-11-12-13-14-16-18-19(3,4)17-15-10-8-6-2;/h5-18H2,1-4H3;1H/q+1;/p-1. The van der Waals surface area contributed by atoms with E-state index in [1.165, 1.54) is 94.6 Å². The highest BCUT2D eigenvalue weighted by molar-refractivity contribution is 4.47. The van der Waals surface area contributed by atoms with Crippen LogP contribution in [0.15, 0.2) is 0 Å². The third kappa shape index (κ3) is 16.3. The van der Waals surface area contributed by atoms with Crippen molar-refractivity contribution < 1.29 is 16.9 Å². The SMILES string of the molecule is CCCCCCCCCC[N+](C)(C)CCCCCC.[Cl-]. The molecular weight excluding hydrogens is 266 g/mol.